The van der Waals surface area contributed by atoms with E-state index < -0.39 is 18.0 Å². The number of hydrogen-bond donors (Lipinski definition) is 1. The minimum absolute atomic E-state index is 0.0681. The highest BCUT2D eigenvalue weighted by Gasteiger charge is 2.15. The molecular weight excluding hydrogens is 270 g/mol. The maximum absolute atomic E-state index is 11.4. The van der Waals surface area contributed by atoms with Crippen molar-refractivity contribution in [3.05, 3.63) is 29.8 Å². The van der Waals surface area contributed by atoms with Crippen LogP contribution < -0.4 is 10.5 Å². The van der Waals surface area contributed by atoms with Crippen LogP contribution in [-0.2, 0) is 19.7 Å². The van der Waals surface area contributed by atoms with Crippen LogP contribution in [-0.4, -0.2) is 24.6 Å². The quantitative estimate of drug-likeness (QED) is 0.815. The Hall–Kier alpha value is -2.04. The summed E-state index contributed by atoms with van der Waals surface area (Å²) in [5, 5.41) is 0. The topological polar surface area (TPSA) is 78.6 Å². The van der Waals surface area contributed by atoms with E-state index in [2.05, 4.69) is 20.8 Å². The Morgan fingerprint density at radius 3 is 2.24 bits per heavy atom. The Morgan fingerprint density at radius 2 is 1.76 bits per heavy atom. The summed E-state index contributed by atoms with van der Waals surface area (Å²) in [4.78, 5) is 22.2. The van der Waals surface area contributed by atoms with Gasteiger partial charge in [-0.15, -0.1) is 0 Å². The van der Waals surface area contributed by atoms with Crippen LogP contribution in [0.2, 0.25) is 0 Å². The monoisotopic (exact) mass is 293 g/mol. The van der Waals surface area contributed by atoms with Gasteiger partial charge in [0.25, 0.3) is 5.91 Å². The number of esters is 1. The fraction of sp³-hybridized carbons (Fsp3) is 0.500. The van der Waals surface area contributed by atoms with Gasteiger partial charge in [-0.2, -0.15) is 0 Å². The van der Waals surface area contributed by atoms with Crippen LogP contribution in [0.4, 0.5) is 0 Å². The Balaban J connectivity index is 2.39. The minimum Gasteiger partial charge on any atom is -0.493 e. The number of benzene rings is 1. The van der Waals surface area contributed by atoms with Gasteiger partial charge in [-0.1, -0.05) is 32.9 Å². The molecule has 0 heterocycles. The van der Waals surface area contributed by atoms with Gasteiger partial charge in [0.15, 0.2) is 6.10 Å². The molecule has 5 heteroatoms. The van der Waals surface area contributed by atoms with E-state index in [9.17, 15) is 9.59 Å². The average molecular weight is 293 g/mol. The highest BCUT2D eigenvalue weighted by atomic mass is 16.5. The molecule has 116 valence electrons. The molecule has 0 unspecified atom stereocenters. The first-order valence-electron chi connectivity index (χ1n) is 6.92. The Bertz CT molecular complexity index is 488. The highest BCUT2D eigenvalue weighted by Crippen LogP contribution is 2.24. The molecule has 21 heavy (non-hydrogen) atoms. The van der Waals surface area contributed by atoms with Gasteiger partial charge in [-0.05, 0) is 30.0 Å². The van der Waals surface area contributed by atoms with Gasteiger partial charge in [-0.25, -0.2) is 0 Å². The lowest BCUT2D eigenvalue weighted by molar-refractivity contribution is -0.154. The Labute approximate surface area is 125 Å². The molecule has 2 N–H and O–H groups in total. The molecule has 0 fully saturated rings. The fourth-order valence-electron chi connectivity index (χ4n) is 1.62. The van der Waals surface area contributed by atoms with Gasteiger partial charge >= 0.3 is 5.97 Å². The Morgan fingerprint density at radius 1 is 1.19 bits per heavy atom. The zero-order valence-corrected chi connectivity index (χ0v) is 13.0. The summed E-state index contributed by atoms with van der Waals surface area (Å²) in [7, 11) is 0. The normalized spacial score (nSPS) is 12.6. The molecule has 0 radical (unpaired) electrons. The molecule has 0 aliphatic rings. The van der Waals surface area contributed by atoms with E-state index in [1.165, 1.54) is 12.5 Å². The maximum atomic E-state index is 11.4. The van der Waals surface area contributed by atoms with E-state index in [1.54, 1.807) is 0 Å². The summed E-state index contributed by atoms with van der Waals surface area (Å²) in [5.74, 6) is -0.478. The molecule has 1 aromatic carbocycles. The molecular formula is C16H23NO4. The fourth-order valence-corrected chi connectivity index (χ4v) is 1.62. The third-order valence-corrected chi connectivity index (χ3v) is 3.00. The first-order valence-corrected chi connectivity index (χ1v) is 6.92. The van der Waals surface area contributed by atoms with Crippen LogP contribution in [0.3, 0.4) is 0 Å². The molecule has 1 rings (SSSR count). The molecule has 0 aromatic heterocycles. The van der Waals surface area contributed by atoms with E-state index in [1.807, 2.05) is 24.3 Å². The second-order valence-electron chi connectivity index (χ2n) is 5.91. The number of carbonyl (C=O) groups excluding carboxylic acids is 2. The summed E-state index contributed by atoms with van der Waals surface area (Å²) < 4.78 is 10.3. The predicted octanol–water partition coefficient (Wildman–Crippen LogP) is 2.17. The number of primary amides is 1. The standard InChI is InChI=1S/C16H23NO4/c1-11(15(17)19)21-14(18)9-10-20-13-7-5-12(6-8-13)16(2,3)4/h5-8,11H,9-10H2,1-4H3,(H2,17,19)/t11-/m0/s1. The summed E-state index contributed by atoms with van der Waals surface area (Å²) in [6.07, 6.45) is -0.845. The van der Waals surface area contributed by atoms with Crippen molar-refractivity contribution in [2.45, 2.75) is 45.6 Å². The number of rotatable bonds is 6. The Kier molecular flexibility index (Phi) is 5.76. The van der Waals surface area contributed by atoms with Crippen LogP contribution in [0.1, 0.15) is 39.7 Å². The lowest BCUT2D eigenvalue weighted by Crippen LogP contribution is -2.30. The smallest absolute Gasteiger partial charge is 0.310 e. The zero-order valence-electron chi connectivity index (χ0n) is 13.0. The lowest BCUT2D eigenvalue weighted by Gasteiger charge is -2.19. The first-order chi connectivity index (χ1) is 9.70. The van der Waals surface area contributed by atoms with Crippen LogP contribution in [0, 0.1) is 0 Å². The van der Waals surface area contributed by atoms with Crippen molar-refractivity contribution < 1.29 is 19.1 Å². The minimum atomic E-state index is -0.913. The van der Waals surface area contributed by atoms with Crippen LogP contribution in [0.25, 0.3) is 0 Å². The summed E-state index contributed by atoms with van der Waals surface area (Å²) in [5.41, 5.74) is 6.31. The molecule has 5 nitrogen and oxygen atoms in total. The highest BCUT2D eigenvalue weighted by molar-refractivity contribution is 5.81. The third-order valence-electron chi connectivity index (χ3n) is 3.00. The number of ether oxygens (including phenoxy) is 2. The van der Waals surface area contributed by atoms with Crippen LogP contribution >= 0.6 is 0 Å². The largest absolute Gasteiger partial charge is 0.493 e. The molecule has 0 aliphatic carbocycles. The van der Waals surface area contributed by atoms with Gasteiger partial charge in [0.2, 0.25) is 0 Å². The molecule has 1 aromatic rings. The summed E-state index contributed by atoms with van der Waals surface area (Å²) in [6.45, 7) is 8.04. The van der Waals surface area contributed by atoms with E-state index in [-0.39, 0.29) is 18.4 Å². The van der Waals surface area contributed by atoms with Crippen molar-refractivity contribution in [3.63, 3.8) is 0 Å². The number of amides is 1. The molecule has 0 saturated carbocycles. The number of nitrogens with two attached hydrogens (primary N) is 1. The average Bonchev–Trinajstić information content (AvgIpc) is 2.38. The van der Waals surface area contributed by atoms with Crippen LogP contribution in [0.15, 0.2) is 24.3 Å². The zero-order chi connectivity index (χ0) is 16.0. The predicted molar refractivity (Wildman–Crippen MR) is 80.0 cm³/mol. The molecule has 0 aliphatic heterocycles. The molecule has 0 spiro atoms. The van der Waals surface area contributed by atoms with Gasteiger partial charge in [-0.3, -0.25) is 9.59 Å². The molecule has 1 amide bonds. The van der Waals surface area contributed by atoms with Crippen molar-refractivity contribution in [2.24, 2.45) is 5.73 Å². The van der Waals surface area contributed by atoms with E-state index >= 15 is 0 Å². The van der Waals surface area contributed by atoms with Gasteiger partial charge in [0.1, 0.15) is 5.75 Å². The van der Waals surface area contributed by atoms with E-state index in [0.717, 1.165) is 0 Å². The van der Waals surface area contributed by atoms with E-state index in [4.69, 9.17) is 15.2 Å². The molecule has 0 saturated heterocycles. The maximum Gasteiger partial charge on any atom is 0.310 e. The molecule has 1 atom stereocenters. The summed E-state index contributed by atoms with van der Waals surface area (Å²) in [6, 6.07) is 7.75. The van der Waals surface area contributed by atoms with E-state index in [0.29, 0.717) is 5.75 Å². The van der Waals surface area contributed by atoms with Crippen molar-refractivity contribution in [1.82, 2.24) is 0 Å². The van der Waals surface area contributed by atoms with Gasteiger partial charge < -0.3 is 15.2 Å². The first kappa shape index (κ1) is 17.0. The SMILES string of the molecule is C[C@H](OC(=O)CCOc1ccc(C(C)(C)C)cc1)C(N)=O. The van der Waals surface area contributed by atoms with Gasteiger partial charge in [0.05, 0.1) is 13.0 Å². The second kappa shape index (κ2) is 7.11. The van der Waals surface area contributed by atoms with Crippen molar-refractivity contribution in [3.8, 4) is 5.75 Å². The second-order valence-corrected chi connectivity index (χ2v) is 5.91. The van der Waals surface area contributed by atoms with Crippen LogP contribution in [0.5, 0.6) is 5.75 Å². The molecule has 0 bridgehead atoms. The van der Waals surface area contributed by atoms with Gasteiger partial charge in [0, 0.05) is 0 Å². The lowest BCUT2D eigenvalue weighted by atomic mass is 9.87. The van der Waals surface area contributed by atoms with Crippen molar-refractivity contribution in [1.29, 1.82) is 0 Å². The third kappa shape index (κ3) is 5.85. The number of hydrogen-bond acceptors (Lipinski definition) is 4. The van der Waals surface area contributed by atoms with Crippen molar-refractivity contribution in [2.75, 3.05) is 6.61 Å². The summed E-state index contributed by atoms with van der Waals surface area (Å²) >= 11 is 0. The van der Waals surface area contributed by atoms with Crippen molar-refractivity contribution >= 4 is 11.9 Å². The number of carbonyl (C=O) groups is 2.